The molecule has 0 bridgehead atoms. The largest absolute Gasteiger partial charge is 0.496 e. The van der Waals surface area contributed by atoms with Gasteiger partial charge in [-0.2, -0.15) is 0 Å². The molecule has 2 aromatic carbocycles. The second-order valence-corrected chi connectivity index (χ2v) is 4.10. The first-order chi connectivity index (χ1) is 9.51. The van der Waals surface area contributed by atoms with E-state index in [1.165, 1.54) is 20.1 Å². The molecule has 0 spiro atoms. The van der Waals surface area contributed by atoms with Crippen LogP contribution in [0.1, 0.15) is 17.3 Å². The van der Waals surface area contributed by atoms with E-state index in [0.717, 1.165) is 18.2 Å². The number of Topliss-reactive ketones (excluding diaryl/α,β-unsaturated/α-hetero) is 1. The van der Waals surface area contributed by atoms with E-state index in [0.29, 0.717) is 5.75 Å². The minimum atomic E-state index is -0.757. The normalized spacial score (nSPS) is 10.2. The Hall–Kier alpha value is -2.43. The Balaban J connectivity index is 2.45. The van der Waals surface area contributed by atoms with E-state index in [1.807, 2.05) is 0 Å². The molecule has 2 aromatic rings. The van der Waals surface area contributed by atoms with Gasteiger partial charge in [-0.3, -0.25) is 4.79 Å². The molecule has 0 amide bonds. The molecule has 0 aliphatic rings. The first-order valence-corrected chi connectivity index (χ1v) is 5.83. The maximum absolute atomic E-state index is 13.1. The Kier molecular flexibility index (Phi) is 3.98. The summed E-state index contributed by atoms with van der Waals surface area (Å²) >= 11 is 0. The molecule has 0 aromatic heterocycles. The number of carbonyl (C=O) groups excluding carboxylic acids is 1. The summed E-state index contributed by atoms with van der Waals surface area (Å²) < 4.78 is 36.7. The van der Waals surface area contributed by atoms with Crippen LogP contribution in [0, 0.1) is 11.6 Å². The van der Waals surface area contributed by atoms with Gasteiger partial charge in [-0.1, -0.05) is 6.07 Å². The highest BCUT2D eigenvalue weighted by Crippen LogP contribution is 2.32. The fraction of sp³-hybridized carbons (Fsp3) is 0.133. The Morgan fingerprint density at radius 2 is 1.65 bits per heavy atom. The predicted octanol–water partition coefficient (Wildman–Crippen LogP) is 3.97. The number of benzene rings is 2. The van der Waals surface area contributed by atoms with E-state index in [-0.39, 0.29) is 22.8 Å². The van der Waals surface area contributed by atoms with Crippen LogP contribution in [-0.4, -0.2) is 12.9 Å². The Labute approximate surface area is 114 Å². The second kappa shape index (κ2) is 5.69. The molecule has 104 valence electrons. The zero-order valence-corrected chi connectivity index (χ0v) is 10.9. The topological polar surface area (TPSA) is 35.5 Å². The third-order valence-corrected chi connectivity index (χ3v) is 2.62. The summed E-state index contributed by atoms with van der Waals surface area (Å²) in [5.74, 6) is -1.29. The SMILES string of the molecule is COc1cccc(Oc2cc(F)cc(F)c2)c1C(C)=O. The van der Waals surface area contributed by atoms with Crippen molar-refractivity contribution < 1.29 is 23.0 Å². The van der Waals surface area contributed by atoms with Crippen molar-refractivity contribution in [2.45, 2.75) is 6.92 Å². The van der Waals surface area contributed by atoms with Crippen molar-refractivity contribution in [3.05, 3.63) is 53.6 Å². The first-order valence-electron chi connectivity index (χ1n) is 5.83. The van der Waals surface area contributed by atoms with Crippen LogP contribution < -0.4 is 9.47 Å². The summed E-state index contributed by atoms with van der Waals surface area (Å²) in [7, 11) is 1.42. The summed E-state index contributed by atoms with van der Waals surface area (Å²) in [5.41, 5.74) is 0.222. The van der Waals surface area contributed by atoms with Gasteiger partial charge in [0.2, 0.25) is 0 Å². The molecule has 0 aliphatic carbocycles. The fourth-order valence-electron chi connectivity index (χ4n) is 1.83. The minimum Gasteiger partial charge on any atom is -0.496 e. The van der Waals surface area contributed by atoms with E-state index in [4.69, 9.17) is 9.47 Å². The molecule has 20 heavy (non-hydrogen) atoms. The van der Waals surface area contributed by atoms with Crippen molar-refractivity contribution >= 4 is 5.78 Å². The van der Waals surface area contributed by atoms with E-state index in [9.17, 15) is 13.6 Å². The van der Waals surface area contributed by atoms with Crippen molar-refractivity contribution in [3.8, 4) is 17.2 Å². The number of hydrogen-bond donors (Lipinski definition) is 0. The summed E-state index contributed by atoms with van der Waals surface area (Å²) in [6.45, 7) is 1.36. The number of carbonyl (C=O) groups is 1. The van der Waals surface area contributed by atoms with E-state index in [2.05, 4.69) is 0 Å². The molecule has 0 radical (unpaired) electrons. The Morgan fingerprint density at radius 3 is 2.20 bits per heavy atom. The summed E-state index contributed by atoms with van der Waals surface area (Å²) in [5, 5.41) is 0. The van der Waals surface area contributed by atoms with Gasteiger partial charge in [0.15, 0.2) is 5.78 Å². The molecule has 0 fully saturated rings. The van der Waals surface area contributed by atoms with Crippen molar-refractivity contribution in [2.75, 3.05) is 7.11 Å². The van der Waals surface area contributed by atoms with Gasteiger partial charge < -0.3 is 9.47 Å². The zero-order valence-electron chi connectivity index (χ0n) is 10.9. The third-order valence-electron chi connectivity index (χ3n) is 2.62. The van der Waals surface area contributed by atoms with Gasteiger partial charge in [-0.15, -0.1) is 0 Å². The van der Waals surface area contributed by atoms with Gasteiger partial charge in [0, 0.05) is 18.2 Å². The van der Waals surface area contributed by atoms with E-state index in [1.54, 1.807) is 12.1 Å². The number of halogens is 2. The quantitative estimate of drug-likeness (QED) is 0.794. The predicted molar refractivity (Wildman–Crippen MR) is 69.4 cm³/mol. The average Bonchev–Trinajstić information content (AvgIpc) is 2.36. The molecule has 0 heterocycles. The van der Waals surface area contributed by atoms with Gasteiger partial charge in [0.1, 0.15) is 34.4 Å². The van der Waals surface area contributed by atoms with Gasteiger partial charge in [0.05, 0.1) is 7.11 Å². The molecule has 5 heteroatoms. The molecule has 0 saturated carbocycles. The smallest absolute Gasteiger partial charge is 0.167 e. The molecular formula is C15H12F2O3. The van der Waals surface area contributed by atoms with Gasteiger partial charge in [-0.25, -0.2) is 8.78 Å². The first kappa shape index (κ1) is 14.0. The Morgan fingerprint density at radius 1 is 1.05 bits per heavy atom. The van der Waals surface area contributed by atoms with Gasteiger partial charge in [-0.05, 0) is 19.1 Å². The van der Waals surface area contributed by atoms with Crippen LogP contribution in [0.2, 0.25) is 0 Å². The maximum atomic E-state index is 13.1. The lowest BCUT2D eigenvalue weighted by molar-refractivity contribution is 0.101. The van der Waals surface area contributed by atoms with E-state index < -0.39 is 11.6 Å². The maximum Gasteiger partial charge on any atom is 0.167 e. The minimum absolute atomic E-state index is 0.0294. The number of rotatable bonds is 4. The van der Waals surface area contributed by atoms with Gasteiger partial charge in [0.25, 0.3) is 0 Å². The molecule has 2 rings (SSSR count). The van der Waals surface area contributed by atoms with Crippen LogP contribution in [0.25, 0.3) is 0 Å². The number of methoxy groups -OCH3 is 1. The van der Waals surface area contributed by atoms with Crippen LogP contribution in [0.3, 0.4) is 0 Å². The van der Waals surface area contributed by atoms with E-state index >= 15 is 0 Å². The molecular weight excluding hydrogens is 266 g/mol. The molecule has 0 atom stereocenters. The zero-order chi connectivity index (χ0) is 14.7. The number of hydrogen-bond acceptors (Lipinski definition) is 3. The molecule has 3 nitrogen and oxygen atoms in total. The highest BCUT2D eigenvalue weighted by molar-refractivity contribution is 5.99. The third kappa shape index (κ3) is 2.93. The monoisotopic (exact) mass is 278 g/mol. The highest BCUT2D eigenvalue weighted by atomic mass is 19.1. The summed E-state index contributed by atoms with van der Waals surface area (Å²) in [6, 6.07) is 7.57. The standard InChI is InChI=1S/C15H12F2O3/c1-9(18)15-13(19-2)4-3-5-14(15)20-12-7-10(16)6-11(17)8-12/h3-8H,1-2H3. The van der Waals surface area contributed by atoms with Gasteiger partial charge >= 0.3 is 0 Å². The lowest BCUT2D eigenvalue weighted by Gasteiger charge is -2.12. The fourth-order valence-corrected chi connectivity index (χ4v) is 1.83. The Bertz CT molecular complexity index is 633. The molecule has 0 saturated heterocycles. The summed E-state index contributed by atoms with van der Waals surface area (Å²) in [6.07, 6.45) is 0. The van der Waals surface area contributed by atoms with Crippen LogP contribution in [0.5, 0.6) is 17.2 Å². The average molecular weight is 278 g/mol. The lowest BCUT2D eigenvalue weighted by Crippen LogP contribution is -2.01. The van der Waals surface area contributed by atoms with Crippen LogP contribution >= 0.6 is 0 Å². The number of ketones is 1. The van der Waals surface area contributed by atoms with Crippen molar-refractivity contribution in [1.29, 1.82) is 0 Å². The second-order valence-electron chi connectivity index (χ2n) is 4.10. The van der Waals surface area contributed by atoms with Crippen molar-refractivity contribution in [1.82, 2.24) is 0 Å². The highest BCUT2D eigenvalue weighted by Gasteiger charge is 2.16. The molecule has 0 unspecified atom stereocenters. The summed E-state index contributed by atoms with van der Waals surface area (Å²) in [4.78, 5) is 11.7. The van der Waals surface area contributed by atoms with Crippen molar-refractivity contribution in [2.24, 2.45) is 0 Å². The van der Waals surface area contributed by atoms with Crippen LogP contribution in [-0.2, 0) is 0 Å². The molecule has 0 aliphatic heterocycles. The molecule has 0 N–H and O–H groups in total. The van der Waals surface area contributed by atoms with Crippen molar-refractivity contribution in [3.63, 3.8) is 0 Å². The lowest BCUT2D eigenvalue weighted by atomic mass is 10.1. The van der Waals surface area contributed by atoms with Crippen LogP contribution in [0.4, 0.5) is 8.78 Å². The number of ether oxygens (including phenoxy) is 2. The van der Waals surface area contributed by atoms with Crippen LogP contribution in [0.15, 0.2) is 36.4 Å².